The van der Waals surface area contributed by atoms with Gasteiger partial charge in [-0.3, -0.25) is 14.9 Å². The Morgan fingerprint density at radius 3 is 2.43 bits per heavy atom. The van der Waals surface area contributed by atoms with Crippen molar-refractivity contribution in [3.05, 3.63) is 110 Å². The third-order valence-corrected chi connectivity index (χ3v) is 6.68. The molecular formula is C28H28BrN3O5. The van der Waals surface area contributed by atoms with E-state index in [4.69, 9.17) is 4.74 Å². The van der Waals surface area contributed by atoms with Crippen LogP contribution in [0.4, 0.5) is 10.5 Å². The first kappa shape index (κ1) is 26.3. The van der Waals surface area contributed by atoms with Gasteiger partial charge in [0, 0.05) is 15.1 Å². The molecule has 9 heteroatoms. The molecule has 0 aromatic heterocycles. The van der Waals surface area contributed by atoms with Crippen molar-refractivity contribution < 1.29 is 19.2 Å². The second-order valence-corrected chi connectivity index (χ2v) is 10.9. The van der Waals surface area contributed by atoms with Gasteiger partial charge in [0.2, 0.25) is 0 Å². The molecule has 37 heavy (non-hydrogen) atoms. The summed E-state index contributed by atoms with van der Waals surface area (Å²) in [6, 6.07) is 22.0. The number of fused-ring (bicyclic) bond motifs is 1. The topological polar surface area (TPSA) is 102 Å². The highest BCUT2D eigenvalue weighted by Crippen LogP contribution is 2.42. The van der Waals surface area contributed by atoms with E-state index in [1.165, 1.54) is 4.90 Å². The minimum absolute atomic E-state index is 0.143. The van der Waals surface area contributed by atoms with E-state index < -0.39 is 34.1 Å². The van der Waals surface area contributed by atoms with Crippen molar-refractivity contribution >= 4 is 33.6 Å². The number of carbonyl (C=O) groups is 2. The molecular weight excluding hydrogens is 538 g/mol. The van der Waals surface area contributed by atoms with Gasteiger partial charge in [-0.15, -0.1) is 0 Å². The van der Waals surface area contributed by atoms with Crippen LogP contribution in [0.25, 0.3) is 0 Å². The number of hydrogen-bond acceptors (Lipinski definition) is 5. The number of benzene rings is 3. The number of hydrogen-bond donors (Lipinski definition) is 1. The molecule has 0 unspecified atom stereocenters. The third kappa shape index (κ3) is 5.51. The largest absolute Gasteiger partial charge is 0.444 e. The minimum atomic E-state index is -2.22. The molecule has 0 saturated heterocycles. The fourth-order valence-electron chi connectivity index (χ4n) is 4.62. The smallest absolute Gasteiger partial charge is 0.408 e. The van der Waals surface area contributed by atoms with Crippen molar-refractivity contribution in [2.75, 3.05) is 4.90 Å². The average molecular weight is 566 g/mol. The minimum Gasteiger partial charge on any atom is -0.444 e. The summed E-state index contributed by atoms with van der Waals surface area (Å²) in [4.78, 5) is 41.2. The van der Waals surface area contributed by atoms with Crippen molar-refractivity contribution in [3.63, 3.8) is 0 Å². The van der Waals surface area contributed by atoms with E-state index >= 15 is 0 Å². The molecule has 0 spiro atoms. The molecule has 3 aromatic rings. The zero-order valence-electron chi connectivity index (χ0n) is 20.8. The number of alkyl carbamates (subject to hydrolysis) is 1. The average Bonchev–Trinajstić information content (AvgIpc) is 2.83. The van der Waals surface area contributed by atoms with Crippen LogP contribution in [-0.4, -0.2) is 28.1 Å². The number of nitrogens with one attached hydrogen (secondary N) is 1. The Kier molecular flexibility index (Phi) is 7.36. The van der Waals surface area contributed by atoms with Crippen LogP contribution in [-0.2, 0) is 22.5 Å². The summed E-state index contributed by atoms with van der Waals surface area (Å²) < 4.78 is 6.11. The molecule has 3 aromatic carbocycles. The van der Waals surface area contributed by atoms with Crippen molar-refractivity contribution in [3.8, 4) is 0 Å². The summed E-state index contributed by atoms with van der Waals surface area (Å²) in [6.07, 6.45) is -1.05. The SMILES string of the molecule is CC(C)(C)OC(=O)N[C@@H](c1cccc(Br)c1)[C@@]1([N+](=O)[O-])Cc2ccccc2N(Cc2ccccc2)C1=O. The van der Waals surface area contributed by atoms with Crippen LogP contribution in [0, 0.1) is 10.1 Å². The lowest BCUT2D eigenvalue weighted by molar-refractivity contribution is -0.558. The number of nitrogens with zero attached hydrogens (tertiary/aromatic N) is 2. The normalized spacial score (nSPS) is 18.1. The summed E-state index contributed by atoms with van der Waals surface area (Å²) in [5.74, 6) is -0.707. The maximum Gasteiger partial charge on any atom is 0.408 e. The highest BCUT2D eigenvalue weighted by atomic mass is 79.9. The molecule has 0 fully saturated rings. The van der Waals surface area contributed by atoms with Gasteiger partial charge >= 0.3 is 17.5 Å². The van der Waals surface area contributed by atoms with E-state index in [2.05, 4.69) is 21.2 Å². The van der Waals surface area contributed by atoms with Gasteiger partial charge in [-0.05, 0) is 55.7 Å². The quantitative estimate of drug-likeness (QED) is 0.299. The number of ether oxygens (including phenoxy) is 1. The van der Waals surface area contributed by atoms with Crippen molar-refractivity contribution in [2.45, 2.75) is 50.9 Å². The number of halogens is 1. The third-order valence-electron chi connectivity index (χ3n) is 6.19. The Labute approximate surface area is 223 Å². The van der Waals surface area contributed by atoms with Gasteiger partial charge in [-0.1, -0.05) is 76.6 Å². The van der Waals surface area contributed by atoms with Crippen LogP contribution in [0.2, 0.25) is 0 Å². The number of amides is 2. The summed E-state index contributed by atoms with van der Waals surface area (Å²) in [7, 11) is 0. The number of anilines is 1. The highest BCUT2D eigenvalue weighted by molar-refractivity contribution is 9.10. The van der Waals surface area contributed by atoms with Crippen LogP contribution >= 0.6 is 15.9 Å². The summed E-state index contributed by atoms with van der Waals surface area (Å²) >= 11 is 3.41. The second kappa shape index (κ2) is 10.3. The molecule has 2 atom stereocenters. The molecule has 8 nitrogen and oxygen atoms in total. The number of nitro groups is 1. The second-order valence-electron chi connectivity index (χ2n) is 10.00. The fourth-order valence-corrected chi connectivity index (χ4v) is 5.04. The molecule has 0 radical (unpaired) electrons. The summed E-state index contributed by atoms with van der Waals surface area (Å²) in [5, 5.41) is 15.7. The zero-order valence-corrected chi connectivity index (χ0v) is 22.4. The van der Waals surface area contributed by atoms with Gasteiger partial charge in [-0.2, -0.15) is 0 Å². The summed E-state index contributed by atoms with van der Waals surface area (Å²) in [6.45, 7) is 5.25. The molecule has 1 aliphatic rings. The van der Waals surface area contributed by atoms with E-state index in [9.17, 15) is 19.7 Å². The highest BCUT2D eigenvalue weighted by Gasteiger charge is 2.63. The van der Waals surface area contributed by atoms with Crippen LogP contribution in [0.1, 0.15) is 43.5 Å². The lowest BCUT2D eigenvalue weighted by atomic mass is 9.76. The van der Waals surface area contributed by atoms with E-state index in [1.54, 1.807) is 69.3 Å². The Balaban J connectivity index is 1.88. The van der Waals surface area contributed by atoms with Crippen LogP contribution in [0.3, 0.4) is 0 Å². The Hall–Kier alpha value is -3.72. The van der Waals surface area contributed by atoms with Crippen molar-refractivity contribution in [1.29, 1.82) is 0 Å². The first-order valence-electron chi connectivity index (χ1n) is 11.8. The van der Waals surface area contributed by atoms with Gasteiger partial charge in [0.15, 0.2) is 0 Å². The molecule has 4 rings (SSSR count). The molecule has 0 bridgehead atoms. The van der Waals surface area contributed by atoms with E-state index in [-0.39, 0.29) is 13.0 Å². The Morgan fingerprint density at radius 2 is 1.78 bits per heavy atom. The molecule has 1 aliphatic heterocycles. The van der Waals surface area contributed by atoms with Crippen LogP contribution in [0.15, 0.2) is 83.3 Å². The van der Waals surface area contributed by atoms with Gasteiger partial charge in [0.25, 0.3) is 0 Å². The molecule has 2 amide bonds. The van der Waals surface area contributed by atoms with Gasteiger partial charge < -0.3 is 15.0 Å². The predicted octanol–water partition coefficient (Wildman–Crippen LogP) is 5.82. The first-order chi connectivity index (χ1) is 17.5. The maximum absolute atomic E-state index is 14.3. The molecule has 1 N–H and O–H groups in total. The van der Waals surface area contributed by atoms with Gasteiger partial charge in [0.1, 0.15) is 11.6 Å². The first-order valence-corrected chi connectivity index (χ1v) is 12.6. The molecule has 0 saturated carbocycles. The fraction of sp³-hybridized carbons (Fsp3) is 0.286. The standard InChI is InChI=1S/C28H28BrN3O5/c1-27(2,3)37-26(34)30-24(20-13-9-14-22(29)16-20)28(32(35)36)17-21-12-7-8-15-23(21)31(25(28)33)18-19-10-5-4-6-11-19/h4-16,24H,17-18H2,1-3H3,(H,30,34)/t24-,28-/m0/s1. The lowest BCUT2D eigenvalue weighted by Crippen LogP contribution is -2.64. The molecule has 192 valence electrons. The lowest BCUT2D eigenvalue weighted by Gasteiger charge is -2.41. The van der Waals surface area contributed by atoms with E-state index in [0.29, 0.717) is 21.3 Å². The number of rotatable bonds is 6. The molecule has 1 heterocycles. The summed E-state index contributed by atoms with van der Waals surface area (Å²) in [5.41, 5.74) is -0.579. The van der Waals surface area contributed by atoms with E-state index in [0.717, 1.165) is 5.56 Å². The number of para-hydroxylation sites is 1. The van der Waals surface area contributed by atoms with Crippen molar-refractivity contribution in [1.82, 2.24) is 5.32 Å². The Morgan fingerprint density at radius 1 is 1.11 bits per heavy atom. The van der Waals surface area contributed by atoms with Crippen molar-refractivity contribution in [2.24, 2.45) is 0 Å². The van der Waals surface area contributed by atoms with Gasteiger partial charge in [0.05, 0.1) is 13.0 Å². The predicted molar refractivity (Wildman–Crippen MR) is 144 cm³/mol. The Bertz CT molecular complexity index is 1320. The monoisotopic (exact) mass is 565 g/mol. The maximum atomic E-state index is 14.3. The van der Waals surface area contributed by atoms with Crippen LogP contribution < -0.4 is 10.2 Å². The molecule has 0 aliphatic carbocycles. The van der Waals surface area contributed by atoms with E-state index in [1.807, 2.05) is 30.3 Å². The van der Waals surface area contributed by atoms with Crippen LogP contribution in [0.5, 0.6) is 0 Å². The number of carbonyl (C=O) groups excluding carboxylic acids is 2. The van der Waals surface area contributed by atoms with Gasteiger partial charge in [-0.25, -0.2) is 4.79 Å². The zero-order chi connectivity index (χ0) is 26.8.